The third kappa shape index (κ3) is 4.89. The van der Waals surface area contributed by atoms with E-state index in [1.807, 2.05) is 0 Å². The minimum absolute atomic E-state index is 0.142. The lowest BCUT2D eigenvalue weighted by Gasteiger charge is -2.08. The van der Waals surface area contributed by atoms with Gasteiger partial charge in [0.15, 0.2) is 9.84 Å². The van der Waals surface area contributed by atoms with Crippen molar-refractivity contribution in [3.05, 3.63) is 78.2 Å². The Morgan fingerprint density at radius 1 is 1.00 bits per heavy atom. The van der Waals surface area contributed by atoms with Gasteiger partial charge in [0, 0.05) is 17.9 Å². The summed E-state index contributed by atoms with van der Waals surface area (Å²) in [5.74, 6) is -0.0363. The smallest absolute Gasteiger partial charge is 0.255 e. The van der Waals surface area contributed by atoms with Crippen molar-refractivity contribution in [1.82, 2.24) is 4.98 Å². The van der Waals surface area contributed by atoms with Crippen molar-refractivity contribution in [1.29, 1.82) is 0 Å². The maximum Gasteiger partial charge on any atom is 0.255 e. The number of nitrogens with one attached hydrogen (secondary N) is 1. The van der Waals surface area contributed by atoms with Gasteiger partial charge in [-0.15, -0.1) is 0 Å². The van der Waals surface area contributed by atoms with Crippen molar-refractivity contribution in [3.8, 4) is 11.6 Å². The maximum atomic E-state index is 12.9. The molecule has 0 atom stereocenters. The highest BCUT2D eigenvalue weighted by Gasteiger charge is 2.10. The van der Waals surface area contributed by atoms with E-state index in [2.05, 4.69) is 10.3 Å². The highest BCUT2D eigenvalue weighted by molar-refractivity contribution is 7.90. The predicted octanol–water partition coefficient (Wildman–Crippen LogP) is 3.67. The van der Waals surface area contributed by atoms with Crippen molar-refractivity contribution >= 4 is 21.4 Å². The SMILES string of the molecule is CS(=O)(=O)c1ccc(C(=O)Nc2ccc(Oc3ccc(F)cc3)nc2)cc1. The predicted molar refractivity (Wildman–Crippen MR) is 98.2 cm³/mol. The molecule has 1 N–H and O–H groups in total. The van der Waals surface area contributed by atoms with Gasteiger partial charge in [0.1, 0.15) is 11.6 Å². The molecule has 0 unspecified atom stereocenters. The Hall–Kier alpha value is -3.26. The molecule has 1 heterocycles. The third-order valence-electron chi connectivity index (χ3n) is 3.57. The van der Waals surface area contributed by atoms with Crippen molar-refractivity contribution < 1.29 is 22.3 Å². The van der Waals surface area contributed by atoms with Gasteiger partial charge in [-0.25, -0.2) is 17.8 Å². The van der Waals surface area contributed by atoms with E-state index in [4.69, 9.17) is 4.74 Å². The zero-order valence-corrected chi connectivity index (χ0v) is 15.0. The molecule has 3 rings (SSSR count). The topological polar surface area (TPSA) is 85.4 Å². The first-order valence-electron chi connectivity index (χ1n) is 7.82. The van der Waals surface area contributed by atoms with E-state index < -0.39 is 15.7 Å². The molecule has 0 radical (unpaired) electrons. The summed E-state index contributed by atoms with van der Waals surface area (Å²) in [5.41, 5.74) is 0.757. The number of pyridine rings is 1. The van der Waals surface area contributed by atoms with E-state index >= 15 is 0 Å². The van der Waals surface area contributed by atoms with Crippen LogP contribution in [0.1, 0.15) is 10.4 Å². The average Bonchev–Trinajstić information content (AvgIpc) is 2.64. The molecule has 1 amide bonds. The first-order chi connectivity index (χ1) is 12.8. The molecule has 8 heteroatoms. The van der Waals surface area contributed by atoms with Crippen LogP contribution in [0, 0.1) is 5.82 Å². The van der Waals surface area contributed by atoms with E-state index in [1.54, 1.807) is 12.1 Å². The monoisotopic (exact) mass is 386 g/mol. The van der Waals surface area contributed by atoms with Crippen LogP contribution in [0.15, 0.2) is 71.8 Å². The number of halogens is 1. The van der Waals surface area contributed by atoms with Gasteiger partial charge >= 0.3 is 0 Å². The lowest BCUT2D eigenvalue weighted by atomic mass is 10.2. The number of aromatic nitrogens is 1. The summed E-state index contributed by atoms with van der Waals surface area (Å²) in [4.78, 5) is 16.4. The number of rotatable bonds is 5. The molecule has 0 aliphatic carbocycles. The van der Waals surface area contributed by atoms with Crippen LogP contribution < -0.4 is 10.1 Å². The summed E-state index contributed by atoms with van der Waals surface area (Å²) in [7, 11) is -3.31. The molecule has 2 aromatic carbocycles. The molecular formula is C19H15FN2O4S. The average molecular weight is 386 g/mol. The second kappa shape index (κ2) is 7.55. The molecule has 0 saturated heterocycles. The summed E-state index contributed by atoms with van der Waals surface area (Å²) in [5, 5.41) is 2.66. The molecule has 1 aromatic heterocycles. The first-order valence-corrected chi connectivity index (χ1v) is 9.71. The molecule has 27 heavy (non-hydrogen) atoms. The van der Waals surface area contributed by atoms with Gasteiger partial charge in [-0.05, 0) is 54.6 Å². The molecule has 0 aliphatic rings. The zero-order chi connectivity index (χ0) is 19.4. The van der Waals surface area contributed by atoms with Gasteiger partial charge in [0.25, 0.3) is 5.91 Å². The molecule has 3 aromatic rings. The Kier molecular flexibility index (Phi) is 5.18. The van der Waals surface area contributed by atoms with Crippen LogP contribution in [-0.2, 0) is 9.84 Å². The number of benzene rings is 2. The van der Waals surface area contributed by atoms with E-state index in [-0.39, 0.29) is 16.6 Å². The van der Waals surface area contributed by atoms with E-state index in [0.717, 1.165) is 6.26 Å². The first kappa shape index (κ1) is 18.5. The fourth-order valence-corrected chi connectivity index (χ4v) is 2.83. The highest BCUT2D eigenvalue weighted by Crippen LogP contribution is 2.21. The Balaban J connectivity index is 1.65. The zero-order valence-electron chi connectivity index (χ0n) is 14.2. The van der Waals surface area contributed by atoms with Crippen LogP contribution in [-0.4, -0.2) is 25.6 Å². The Morgan fingerprint density at radius 3 is 2.22 bits per heavy atom. The number of nitrogens with zero attached hydrogens (tertiary/aromatic N) is 1. The standard InChI is InChI=1S/C19H15FN2O4S/c1-27(24,25)17-9-2-13(3-10-17)19(23)22-15-6-11-18(21-12-15)26-16-7-4-14(20)5-8-16/h2-12H,1H3,(H,22,23). The summed E-state index contributed by atoms with van der Waals surface area (Å²) < 4.78 is 41.2. The largest absolute Gasteiger partial charge is 0.439 e. The minimum atomic E-state index is -3.31. The Labute approximate surface area is 155 Å². The van der Waals surface area contributed by atoms with Crippen molar-refractivity contribution in [2.24, 2.45) is 0 Å². The van der Waals surface area contributed by atoms with Crippen LogP contribution in [0.2, 0.25) is 0 Å². The second-order valence-electron chi connectivity index (χ2n) is 5.69. The fourth-order valence-electron chi connectivity index (χ4n) is 2.19. The third-order valence-corrected chi connectivity index (χ3v) is 4.70. The number of hydrogen-bond donors (Lipinski definition) is 1. The lowest BCUT2D eigenvalue weighted by Crippen LogP contribution is -2.12. The van der Waals surface area contributed by atoms with E-state index in [9.17, 15) is 17.6 Å². The van der Waals surface area contributed by atoms with Crippen LogP contribution in [0.5, 0.6) is 11.6 Å². The van der Waals surface area contributed by atoms with Crippen molar-refractivity contribution in [3.63, 3.8) is 0 Å². The summed E-state index contributed by atoms with van der Waals surface area (Å²) in [6.45, 7) is 0. The van der Waals surface area contributed by atoms with Gasteiger partial charge in [0.05, 0.1) is 16.8 Å². The molecule has 6 nitrogen and oxygen atoms in total. The number of hydrogen-bond acceptors (Lipinski definition) is 5. The molecule has 0 spiro atoms. The quantitative estimate of drug-likeness (QED) is 0.723. The number of anilines is 1. The van der Waals surface area contributed by atoms with Crippen LogP contribution in [0.4, 0.5) is 10.1 Å². The summed E-state index contributed by atoms with van der Waals surface area (Å²) >= 11 is 0. The summed E-state index contributed by atoms with van der Waals surface area (Å²) in [6.07, 6.45) is 2.52. The maximum absolute atomic E-state index is 12.9. The second-order valence-corrected chi connectivity index (χ2v) is 7.71. The minimum Gasteiger partial charge on any atom is -0.439 e. The number of amides is 1. The van der Waals surface area contributed by atoms with E-state index in [0.29, 0.717) is 17.0 Å². The molecule has 0 bridgehead atoms. The Morgan fingerprint density at radius 2 is 1.67 bits per heavy atom. The number of sulfone groups is 1. The lowest BCUT2D eigenvalue weighted by molar-refractivity contribution is 0.102. The molecule has 138 valence electrons. The van der Waals surface area contributed by atoms with Gasteiger partial charge in [0.2, 0.25) is 5.88 Å². The summed E-state index contributed by atoms with van der Waals surface area (Å²) in [6, 6.07) is 14.3. The number of ether oxygens (including phenoxy) is 1. The number of carbonyl (C=O) groups excluding carboxylic acids is 1. The van der Waals surface area contributed by atoms with E-state index in [1.165, 1.54) is 54.7 Å². The number of carbonyl (C=O) groups is 1. The van der Waals surface area contributed by atoms with Gasteiger partial charge in [-0.2, -0.15) is 0 Å². The molecular weight excluding hydrogens is 371 g/mol. The van der Waals surface area contributed by atoms with Gasteiger partial charge in [-0.1, -0.05) is 0 Å². The van der Waals surface area contributed by atoms with Crippen LogP contribution in [0.25, 0.3) is 0 Å². The molecule has 0 fully saturated rings. The highest BCUT2D eigenvalue weighted by atomic mass is 32.2. The van der Waals surface area contributed by atoms with Crippen LogP contribution in [0.3, 0.4) is 0 Å². The van der Waals surface area contributed by atoms with Crippen molar-refractivity contribution in [2.45, 2.75) is 4.90 Å². The Bertz CT molecular complexity index is 1050. The fraction of sp³-hybridized carbons (Fsp3) is 0.0526. The van der Waals surface area contributed by atoms with Gasteiger partial charge in [-0.3, -0.25) is 4.79 Å². The molecule has 0 aliphatic heterocycles. The van der Waals surface area contributed by atoms with Gasteiger partial charge < -0.3 is 10.1 Å². The normalized spacial score (nSPS) is 11.0. The molecule has 0 saturated carbocycles. The van der Waals surface area contributed by atoms with Crippen molar-refractivity contribution in [2.75, 3.05) is 11.6 Å². The van der Waals surface area contributed by atoms with Crippen LogP contribution >= 0.6 is 0 Å².